The molecule has 1 aromatic carbocycles. The van der Waals surface area contributed by atoms with Crippen molar-refractivity contribution in [3.63, 3.8) is 0 Å². The molecule has 1 saturated heterocycles. The molecule has 1 aliphatic heterocycles. The lowest BCUT2D eigenvalue weighted by Gasteiger charge is -2.38. The number of benzene rings is 1. The van der Waals surface area contributed by atoms with E-state index in [9.17, 15) is 0 Å². The highest BCUT2D eigenvalue weighted by Crippen LogP contribution is 2.35. The molecular formula is C14H20O2. The summed E-state index contributed by atoms with van der Waals surface area (Å²) in [7, 11) is 0. The number of hydrogen-bond acceptors (Lipinski definition) is 2. The van der Waals surface area contributed by atoms with Crippen LogP contribution in [-0.2, 0) is 9.47 Å². The van der Waals surface area contributed by atoms with Crippen molar-refractivity contribution in [3.8, 4) is 0 Å². The van der Waals surface area contributed by atoms with Gasteiger partial charge in [0.25, 0.3) is 0 Å². The third-order valence-corrected chi connectivity index (χ3v) is 3.37. The van der Waals surface area contributed by atoms with Crippen molar-refractivity contribution in [2.75, 3.05) is 0 Å². The quantitative estimate of drug-likeness (QED) is 0.721. The van der Waals surface area contributed by atoms with E-state index in [1.807, 2.05) is 6.92 Å². The largest absolute Gasteiger partial charge is 0.350 e. The predicted molar refractivity (Wildman–Crippen MR) is 64.2 cm³/mol. The van der Waals surface area contributed by atoms with E-state index in [0.717, 1.165) is 0 Å². The van der Waals surface area contributed by atoms with Gasteiger partial charge in [-0.15, -0.1) is 0 Å². The molecule has 2 nitrogen and oxygen atoms in total. The highest BCUT2D eigenvalue weighted by molar-refractivity contribution is 5.24. The second-order valence-corrected chi connectivity index (χ2v) is 4.74. The highest BCUT2D eigenvalue weighted by atomic mass is 16.7. The van der Waals surface area contributed by atoms with E-state index in [-0.39, 0.29) is 18.5 Å². The van der Waals surface area contributed by atoms with Gasteiger partial charge in [-0.25, -0.2) is 0 Å². The summed E-state index contributed by atoms with van der Waals surface area (Å²) in [5.41, 5.74) is 2.53. The second-order valence-electron chi connectivity index (χ2n) is 4.74. The van der Waals surface area contributed by atoms with E-state index in [2.05, 4.69) is 45.0 Å². The van der Waals surface area contributed by atoms with Crippen molar-refractivity contribution in [2.24, 2.45) is 5.92 Å². The van der Waals surface area contributed by atoms with Crippen LogP contribution in [-0.4, -0.2) is 12.4 Å². The lowest BCUT2D eigenvalue weighted by molar-refractivity contribution is -0.256. The summed E-state index contributed by atoms with van der Waals surface area (Å²) < 4.78 is 11.5. The maximum absolute atomic E-state index is 5.87. The predicted octanol–water partition coefficient (Wildman–Crippen LogP) is 3.45. The summed E-state index contributed by atoms with van der Waals surface area (Å²) in [4.78, 5) is 0. The van der Waals surface area contributed by atoms with Crippen LogP contribution in [0.5, 0.6) is 0 Å². The van der Waals surface area contributed by atoms with Gasteiger partial charge in [0, 0.05) is 5.92 Å². The Kier molecular flexibility index (Phi) is 3.31. The maximum atomic E-state index is 5.87. The fraction of sp³-hybridized carbons (Fsp3) is 0.571. The zero-order chi connectivity index (χ0) is 11.7. The van der Waals surface area contributed by atoms with Crippen LogP contribution in [0.2, 0.25) is 0 Å². The first-order chi connectivity index (χ1) is 7.58. The SMILES string of the molecule is Cc1ccc([C@@H]2O[C@H](C)O[C@H](C)[C@H]2C)cc1. The molecule has 0 saturated carbocycles. The summed E-state index contributed by atoms with van der Waals surface area (Å²) in [5, 5.41) is 0. The van der Waals surface area contributed by atoms with Crippen LogP contribution in [0.25, 0.3) is 0 Å². The molecule has 4 atom stereocenters. The first-order valence-corrected chi connectivity index (χ1v) is 5.95. The molecule has 1 aliphatic rings. The average molecular weight is 220 g/mol. The van der Waals surface area contributed by atoms with Crippen molar-refractivity contribution in [2.45, 2.75) is 46.2 Å². The lowest BCUT2D eigenvalue weighted by Crippen LogP contribution is -2.37. The molecule has 0 aliphatic carbocycles. The molecule has 1 aromatic rings. The van der Waals surface area contributed by atoms with Gasteiger partial charge in [-0.05, 0) is 26.3 Å². The van der Waals surface area contributed by atoms with Crippen molar-refractivity contribution in [1.29, 1.82) is 0 Å². The van der Waals surface area contributed by atoms with Crippen LogP contribution in [0, 0.1) is 12.8 Å². The van der Waals surface area contributed by atoms with Crippen LogP contribution in [0.4, 0.5) is 0 Å². The molecule has 0 unspecified atom stereocenters. The average Bonchev–Trinajstić information content (AvgIpc) is 2.25. The third kappa shape index (κ3) is 2.28. The molecule has 1 fully saturated rings. The Morgan fingerprint density at radius 1 is 0.938 bits per heavy atom. The molecule has 0 amide bonds. The normalized spacial score (nSPS) is 35.0. The topological polar surface area (TPSA) is 18.5 Å². The van der Waals surface area contributed by atoms with Crippen LogP contribution < -0.4 is 0 Å². The maximum Gasteiger partial charge on any atom is 0.156 e. The minimum absolute atomic E-state index is 0.113. The highest BCUT2D eigenvalue weighted by Gasteiger charge is 2.33. The van der Waals surface area contributed by atoms with Gasteiger partial charge >= 0.3 is 0 Å². The van der Waals surface area contributed by atoms with Gasteiger partial charge in [0.1, 0.15) is 0 Å². The van der Waals surface area contributed by atoms with Crippen molar-refractivity contribution >= 4 is 0 Å². The molecule has 88 valence electrons. The van der Waals surface area contributed by atoms with E-state index in [0.29, 0.717) is 5.92 Å². The monoisotopic (exact) mass is 220 g/mol. The Morgan fingerprint density at radius 3 is 2.19 bits per heavy atom. The first kappa shape index (κ1) is 11.6. The standard InChI is InChI=1S/C14H20O2/c1-9-5-7-13(8-6-9)14-10(2)11(3)15-12(4)16-14/h5-8,10-12,14H,1-4H3/t10-,11-,12-,14-/m1/s1. The summed E-state index contributed by atoms with van der Waals surface area (Å²) >= 11 is 0. The van der Waals surface area contributed by atoms with Gasteiger partial charge in [0.2, 0.25) is 0 Å². The lowest BCUT2D eigenvalue weighted by atomic mass is 9.91. The van der Waals surface area contributed by atoms with Gasteiger partial charge in [-0.1, -0.05) is 36.8 Å². The first-order valence-electron chi connectivity index (χ1n) is 5.95. The Morgan fingerprint density at radius 2 is 1.56 bits per heavy atom. The molecule has 0 bridgehead atoms. The van der Waals surface area contributed by atoms with Crippen molar-refractivity contribution in [1.82, 2.24) is 0 Å². The molecule has 2 heteroatoms. The fourth-order valence-corrected chi connectivity index (χ4v) is 2.17. The molecule has 0 aromatic heterocycles. The van der Waals surface area contributed by atoms with E-state index in [1.165, 1.54) is 11.1 Å². The van der Waals surface area contributed by atoms with Crippen molar-refractivity contribution < 1.29 is 9.47 Å². The van der Waals surface area contributed by atoms with E-state index in [4.69, 9.17) is 9.47 Å². The van der Waals surface area contributed by atoms with Crippen LogP contribution in [0.1, 0.15) is 38.0 Å². The summed E-state index contributed by atoms with van der Waals surface area (Å²) in [5.74, 6) is 0.388. The van der Waals surface area contributed by atoms with Crippen LogP contribution in [0.3, 0.4) is 0 Å². The Balaban J connectivity index is 2.21. The molecule has 2 rings (SSSR count). The van der Waals surface area contributed by atoms with Crippen LogP contribution in [0.15, 0.2) is 24.3 Å². The zero-order valence-electron chi connectivity index (χ0n) is 10.4. The van der Waals surface area contributed by atoms with Gasteiger partial charge in [-0.2, -0.15) is 0 Å². The Labute approximate surface area is 97.6 Å². The third-order valence-electron chi connectivity index (χ3n) is 3.37. The van der Waals surface area contributed by atoms with Gasteiger partial charge in [0.05, 0.1) is 12.2 Å². The number of ether oxygens (including phenoxy) is 2. The van der Waals surface area contributed by atoms with E-state index in [1.54, 1.807) is 0 Å². The number of aryl methyl sites for hydroxylation is 1. The van der Waals surface area contributed by atoms with Gasteiger partial charge in [-0.3, -0.25) is 0 Å². The summed E-state index contributed by atoms with van der Waals surface area (Å²) in [6, 6.07) is 8.58. The number of rotatable bonds is 1. The molecular weight excluding hydrogens is 200 g/mol. The smallest absolute Gasteiger partial charge is 0.156 e. The number of hydrogen-bond donors (Lipinski definition) is 0. The van der Waals surface area contributed by atoms with E-state index < -0.39 is 0 Å². The van der Waals surface area contributed by atoms with Crippen LogP contribution >= 0.6 is 0 Å². The molecule has 0 radical (unpaired) electrons. The Hall–Kier alpha value is -0.860. The molecule has 0 N–H and O–H groups in total. The minimum Gasteiger partial charge on any atom is -0.350 e. The van der Waals surface area contributed by atoms with Crippen molar-refractivity contribution in [3.05, 3.63) is 35.4 Å². The zero-order valence-corrected chi connectivity index (χ0v) is 10.4. The Bertz CT molecular complexity index is 344. The summed E-state index contributed by atoms with van der Waals surface area (Å²) in [6.45, 7) is 8.36. The minimum atomic E-state index is -0.113. The molecule has 0 spiro atoms. The van der Waals surface area contributed by atoms with Gasteiger partial charge < -0.3 is 9.47 Å². The second kappa shape index (κ2) is 4.56. The van der Waals surface area contributed by atoms with E-state index >= 15 is 0 Å². The summed E-state index contributed by atoms with van der Waals surface area (Å²) in [6.07, 6.45) is 0.284. The molecule has 16 heavy (non-hydrogen) atoms. The molecule has 1 heterocycles. The van der Waals surface area contributed by atoms with Gasteiger partial charge in [0.15, 0.2) is 6.29 Å². The fourth-order valence-electron chi connectivity index (χ4n) is 2.17.